The first-order valence-corrected chi connectivity index (χ1v) is 9.16. The van der Waals surface area contributed by atoms with Gasteiger partial charge < -0.3 is 4.74 Å². The third-order valence-corrected chi connectivity index (χ3v) is 6.06. The van der Waals surface area contributed by atoms with Crippen LogP contribution >= 0.6 is 0 Å². The van der Waals surface area contributed by atoms with Crippen LogP contribution in [0.25, 0.3) is 0 Å². The minimum absolute atomic E-state index is 0.173. The summed E-state index contributed by atoms with van der Waals surface area (Å²) in [5.41, 5.74) is 0.308. The van der Waals surface area contributed by atoms with E-state index in [0.717, 1.165) is 5.56 Å². The quantitative estimate of drug-likeness (QED) is 0.555. The zero-order valence-corrected chi connectivity index (χ0v) is 15.1. The second-order valence-corrected chi connectivity index (χ2v) is 7.24. The van der Waals surface area contributed by atoms with Gasteiger partial charge in [-0.2, -0.15) is 4.31 Å². The van der Waals surface area contributed by atoms with Gasteiger partial charge in [-0.25, -0.2) is 8.42 Å². The van der Waals surface area contributed by atoms with Crippen LogP contribution in [0.3, 0.4) is 0 Å². The molecule has 2 aromatic rings. The Morgan fingerprint density at radius 2 is 1.88 bits per heavy atom. The number of nitro groups is 1. The van der Waals surface area contributed by atoms with Crippen LogP contribution in [0.4, 0.5) is 5.69 Å². The topological polar surface area (TPSA) is 89.8 Å². The van der Waals surface area contributed by atoms with E-state index >= 15 is 0 Å². The maximum Gasteiger partial charge on any atom is 0.289 e. The number of benzene rings is 2. The van der Waals surface area contributed by atoms with Crippen molar-refractivity contribution < 1.29 is 18.1 Å². The van der Waals surface area contributed by atoms with Gasteiger partial charge in [0.1, 0.15) is 5.75 Å². The van der Waals surface area contributed by atoms with Crippen molar-refractivity contribution in [1.82, 2.24) is 4.31 Å². The van der Waals surface area contributed by atoms with Gasteiger partial charge >= 0.3 is 0 Å². The molecule has 8 heteroatoms. The molecule has 0 aromatic heterocycles. The van der Waals surface area contributed by atoms with Crippen molar-refractivity contribution in [1.29, 1.82) is 0 Å². The Kier molecular flexibility index (Phi) is 5.76. The molecule has 2 aromatic carbocycles. The van der Waals surface area contributed by atoms with Crippen LogP contribution in [-0.2, 0) is 10.0 Å². The molecule has 0 fully saturated rings. The number of para-hydroxylation sites is 1. The first kappa shape index (κ1) is 18.9. The monoisotopic (exact) mass is 364 g/mol. The number of hydrogen-bond donors (Lipinski definition) is 0. The van der Waals surface area contributed by atoms with Crippen LogP contribution in [0.1, 0.15) is 25.5 Å². The van der Waals surface area contributed by atoms with E-state index in [4.69, 9.17) is 4.74 Å². The second-order valence-electron chi connectivity index (χ2n) is 5.39. The van der Waals surface area contributed by atoms with Crippen LogP contribution < -0.4 is 4.74 Å². The summed E-state index contributed by atoms with van der Waals surface area (Å²) >= 11 is 0. The molecular formula is C17H20N2O5S. The summed E-state index contributed by atoms with van der Waals surface area (Å²) in [5.74, 6) is 0.614. The largest absolute Gasteiger partial charge is 0.497 e. The first-order valence-electron chi connectivity index (χ1n) is 7.72. The van der Waals surface area contributed by atoms with E-state index in [1.807, 2.05) is 0 Å². The van der Waals surface area contributed by atoms with E-state index in [0.29, 0.717) is 5.75 Å². The molecule has 0 N–H and O–H groups in total. The summed E-state index contributed by atoms with van der Waals surface area (Å²) in [6.07, 6.45) is 0. The molecule has 0 unspecified atom stereocenters. The van der Waals surface area contributed by atoms with Crippen molar-refractivity contribution in [2.24, 2.45) is 0 Å². The molecule has 0 amide bonds. The smallest absolute Gasteiger partial charge is 0.289 e. The summed E-state index contributed by atoms with van der Waals surface area (Å²) in [4.78, 5) is 10.2. The Balaban J connectivity index is 2.50. The van der Waals surface area contributed by atoms with E-state index in [1.54, 1.807) is 38.1 Å². The molecule has 25 heavy (non-hydrogen) atoms. The summed E-state index contributed by atoms with van der Waals surface area (Å²) < 4.78 is 32.5. The molecule has 0 aliphatic heterocycles. The lowest BCUT2D eigenvalue weighted by atomic mass is 10.1. The fraction of sp³-hybridized carbons (Fsp3) is 0.294. The van der Waals surface area contributed by atoms with E-state index < -0.39 is 26.7 Å². The number of nitro benzene ring substituents is 1. The van der Waals surface area contributed by atoms with Gasteiger partial charge in [0.05, 0.1) is 12.0 Å². The van der Waals surface area contributed by atoms with Gasteiger partial charge in [-0.3, -0.25) is 10.1 Å². The minimum Gasteiger partial charge on any atom is -0.497 e. The number of nitrogens with zero attached hydrogens (tertiary/aromatic N) is 2. The highest BCUT2D eigenvalue weighted by atomic mass is 32.2. The van der Waals surface area contributed by atoms with Crippen LogP contribution in [0, 0.1) is 10.1 Å². The van der Waals surface area contributed by atoms with Crippen LogP contribution in [0.2, 0.25) is 0 Å². The molecule has 134 valence electrons. The zero-order valence-electron chi connectivity index (χ0n) is 14.2. The third-order valence-electron chi connectivity index (χ3n) is 3.97. The number of rotatable bonds is 7. The molecule has 0 bridgehead atoms. The fourth-order valence-electron chi connectivity index (χ4n) is 2.67. The van der Waals surface area contributed by atoms with Gasteiger partial charge in [0, 0.05) is 18.7 Å². The van der Waals surface area contributed by atoms with Crippen molar-refractivity contribution in [2.75, 3.05) is 13.7 Å². The molecule has 0 heterocycles. The lowest BCUT2D eigenvalue weighted by Gasteiger charge is -2.27. The molecule has 0 saturated carbocycles. The fourth-order valence-corrected chi connectivity index (χ4v) is 4.46. The Bertz CT molecular complexity index is 867. The first-order chi connectivity index (χ1) is 11.8. The standard InChI is InChI=1S/C17H20N2O5S/c1-4-18(13(2)14-8-7-9-15(12-14)24-3)25(22,23)17-11-6-5-10-16(17)19(20)21/h5-13H,4H2,1-3H3/t13-/m1/s1. The number of hydrogen-bond acceptors (Lipinski definition) is 5. The molecule has 0 aliphatic rings. The van der Waals surface area contributed by atoms with Crippen LogP contribution in [0.5, 0.6) is 5.75 Å². The second kappa shape index (κ2) is 7.62. The Labute approximate surface area is 147 Å². The SMILES string of the molecule is CCN([C@H](C)c1cccc(OC)c1)S(=O)(=O)c1ccccc1[N+](=O)[O-]. The van der Waals surface area contributed by atoms with Crippen molar-refractivity contribution in [3.05, 3.63) is 64.2 Å². The van der Waals surface area contributed by atoms with E-state index in [2.05, 4.69) is 0 Å². The van der Waals surface area contributed by atoms with Crippen molar-refractivity contribution >= 4 is 15.7 Å². The summed E-state index contributed by atoms with van der Waals surface area (Å²) in [5, 5.41) is 11.2. The average Bonchev–Trinajstić information content (AvgIpc) is 2.62. The van der Waals surface area contributed by atoms with E-state index in [9.17, 15) is 18.5 Å². The van der Waals surface area contributed by atoms with Gasteiger partial charge in [-0.15, -0.1) is 0 Å². The predicted octanol–water partition coefficient (Wildman–Crippen LogP) is 3.38. The summed E-state index contributed by atoms with van der Waals surface area (Å²) in [6.45, 7) is 3.61. The number of sulfonamides is 1. The maximum atomic E-state index is 13.0. The van der Waals surface area contributed by atoms with E-state index in [-0.39, 0.29) is 11.4 Å². The molecule has 0 aliphatic carbocycles. The van der Waals surface area contributed by atoms with Gasteiger partial charge in [-0.05, 0) is 30.7 Å². The van der Waals surface area contributed by atoms with Gasteiger partial charge in [-0.1, -0.05) is 31.2 Å². The van der Waals surface area contributed by atoms with E-state index in [1.165, 1.54) is 35.7 Å². The minimum atomic E-state index is -4.04. The van der Waals surface area contributed by atoms with Crippen molar-refractivity contribution in [3.63, 3.8) is 0 Å². The van der Waals surface area contributed by atoms with Crippen molar-refractivity contribution in [3.8, 4) is 5.75 Å². The van der Waals surface area contributed by atoms with Crippen molar-refractivity contribution in [2.45, 2.75) is 24.8 Å². The van der Waals surface area contributed by atoms with Gasteiger partial charge in [0.15, 0.2) is 4.90 Å². The molecule has 2 rings (SSSR count). The lowest BCUT2D eigenvalue weighted by molar-refractivity contribution is -0.387. The van der Waals surface area contributed by atoms with Gasteiger partial charge in [0.25, 0.3) is 5.69 Å². The molecule has 0 radical (unpaired) electrons. The Morgan fingerprint density at radius 1 is 1.20 bits per heavy atom. The summed E-state index contributed by atoms with van der Waals surface area (Å²) in [7, 11) is -2.51. The average molecular weight is 364 g/mol. The molecule has 1 atom stereocenters. The molecule has 7 nitrogen and oxygen atoms in total. The van der Waals surface area contributed by atoms with Crippen LogP contribution in [0.15, 0.2) is 53.4 Å². The Hall–Kier alpha value is -2.45. The molecule has 0 spiro atoms. The zero-order chi connectivity index (χ0) is 18.6. The molecule has 0 saturated heterocycles. The number of methoxy groups -OCH3 is 1. The molecular weight excluding hydrogens is 344 g/mol. The summed E-state index contributed by atoms with van der Waals surface area (Å²) in [6, 6.07) is 11.9. The Morgan fingerprint density at radius 3 is 2.48 bits per heavy atom. The highest BCUT2D eigenvalue weighted by Gasteiger charge is 2.33. The lowest BCUT2D eigenvalue weighted by Crippen LogP contribution is -2.33. The van der Waals surface area contributed by atoms with Crippen LogP contribution in [-0.4, -0.2) is 31.3 Å². The highest BCUT2D eigenvalue weighted by molar-refractivity contribution is 7.89. The number of ether oxygens (including phenoxy) is 1. The predicted molar refractivity (Wildman–Crippen MR) is 94.1 cm³/mol. The highest BCUT2D eigenvalue weighted by Crippen LogP contribution is 2.32. The normalized spacial score (nSPS) is 12.8. The van der Waals surface area contributed by atoms with Gasteiger partial charge in [0.2, 0.25) is 10.0 Å². The third kappa shape index (κ3) is 3.80. The maximum absolute atomic E-state index is 13.0.